The number of rotatable bonds is 4. The highest BCUT2D eigenvalue weighted by Crippen LogP contribution is 2.48. The van der Waals surface area contributed by atoms with Crippen LogP contribution >= 0.6 is 0 Å². The summed E-state index contributed by atoms with van der Waals surface area (Å²) in [4.78, 5) is 14.7. The molecule has 3 atom stereocenters. The van der Waals surface area contributed by atoms with Gasteiger partial charge in [-0.05, 0) is 43.0 Å². The van der Waals surface area contributed by atoms with E-state index >= 15 is 0 Å². The molecule has 0 bridgehead atoms. The van der Waals surface area contributed by atoms with Gasteiger partial charge in [0.1, 0.15) is 11.5 Å². The van der Waals surface area contributed by atoms with Gasteiger partial charge in [0.05, 0.1) is 5.56 Å². The maximum Gasteiger partial charge on any atom is 0.257 e. The quantitative estimate of drug-likeness (QED) is 0.911. The molecule has 1 N–H and O–H groups in total. The highest BCUT2D eigenvalue weighted by atomic mass is 16.3. The van der Waals surface area contributed by atoms with Gasteiger partial charge in [0.25, 0.3) is 5.91 Å². The van der Waals surface area contributed by atoms with Crippen LogP contribution in [0.5, 0.6) is 0 Å². The highest BCUT2D eigenvalue weighted by Gasteiger charge is 2.38. The molecule has 4 rings (SSSR count). The number of nitrogens with one attached hydrogen (secondary N) is 1. The number of benzene rings is 1. The van der Waals surface area contributed by atoms with E-state index in [1.54, 1.807) is 0 Å². The minimum atomic E-state index is -0.222. The van der Waals surface area contributed by atoms with Gasteiger partial charge in [0, 0.05) is 18.2 Å². The van der Waals surface area contributed by atoms with Crippen molar-refractivity contribution in [1.82, 2.24) is 4.90 Å². The fourth-order valence-corrected chi connectivity index (χ4v) is 3.42. The second kappa shape index (κ2) is 5.44. The van der Waals surface area contributed by atoms with Crippen LogP contribution in [0, 0.1) is 5.92 Å². The molecule has 2 aromatic rings. The second-order valence-electron chi connectivity index (χ2n) is 6.65. The van der Waals surface area contributed by atoms with Crippen LogP contribution in [-0.2, 0) is 0 Å². The Balaban J connectivity index is 1.68. The van der Waals surface area contributed by atoms with Crippen molar-refractivity contribution in [2.45, 2.75) is 38.8 Å². The van der Waals surface area contributed by atoms with Crippen molar-refractivity contribution in [2.24, 2.45) is 5.92 Å². The first-order valence-electron chi connectivity index (χ1n) is 8.45. The monoisotopic (exact) mass is 310 g/mol. The normalized spacial score (nSPS) is 25.9. The van der Waals surface area contributed by atoms with Crippen LogP contribution in [-0.4, -0.2) is 17.4 Å². The van der Waals surface area contributed by atoms with E-state index < -0.39 is 0 Å². The van der Waals surface area contributed by atoms with Crippen molar-refractivity contribution >= 4 is 11.6 Å². The molecule has 1 aromatic carbocycles. The lowest BCUT2D eigenvalue weighted by molar-refractivity contribution is 0.0662. The summed E-state index contributed by atoms with van der Waals surface area (Å²) in [5.41, 5.74) is 1.62. The average Bonchev–Trinajstić information content (AvgIpc) is 3.10. The molecule has 4 nitrogen and oxygen atoms in total. The predicted molar refractivity (Wildman–Crippen MR) is 89.4 cm³/mol. The fraction of sp³-hybridized carbons (Fsp3) is 0.421. The van der Waals surface area contributed by atoms with Crippen LogP contribution in [0.3, 0.4) is 0 Å². The number of para-hydroxylation sites is 1. The maximum atomic E-state index is 12.8. The van der Waals surface area contributed by atoms with Gasteiger partial charge in [-0.1, -0.05) is 26.0 Å². The lowest BCUT2D eigenvalue weighted by Gasteiger charge is -2.36. The van der Waals surface area contributed by atoms with E-state index in [1.807, 2.05) is 35.2 Å². The number of hydrogen-bond acceptors (Lipinski definition) is 3. The summed E-state index contributed by atoms with van der Waals surface area (Å²) < 4.78 is 6.10. The third kappa shape index (κ3) is 2.42. The molecular formula is C19H22N2O2. The topological polar surface area (TPSA) is 45.5 Å². The molecule has 0 saturated heterocycles. The first-order valence-corrected chi connectivity index (χ1v) is 8.45. The van der Waals surface area contributed by atoms with E-state index in [0.717, 1.165) is 29.2 Å². The molecule has 23 heavy (non-hydrogen) atoms. The zero-order valence-corrected chi connectivity index (χ0v) is 13.6. The Morgan fingerprint density at radius 3 is 2.70 bits per heavy atom. The molecule has 1 fully saturated rings. The van der Waals surface area contributed by atoms with Gasteiger partial charge in [-0.2, -0.15) is 0 Å². The molecule has 4 heteroatoms. The van der Waals surface area contributed by atoms with Gasteiger partial charge in [0.2, 0.25) is 0 Å². The molecule has 1 aromatic heterocycles. The van der Waals surface area contributed by atoms with E-state index in [9.17, 15) is 4.79 Å². The number of nitrogens with zero attached hydrogens (tertiary/aromatic N) is 1. The number of carbonyl (C=O) groups excluding carboxylic acids is 1. The lowest BCUT2D eigenvalue weighted by atomic mass is 10.1. The van der Waals surface area contributed by atoms with E-state index in [-0.39, 0.29) is 12.1 Å². The number of furan rings is 1. The largest absolute Gasteiger partial charge is 0.462 e. The van der Waals surface area contributed by atoms with Crippen molar-refractivity contribution in [1.29, 1.82) is 0 Å². The summed E-state index contributed by atoms with van der Waals surface area (Å²) in [6.07, 6.45) is 1.89. The van der Waals surface area contributed by atoms with Gasteiger partial charge in [-0.25, -0.2) is 0 Å². The molecule has 2 aliphatic rings. The van der Waals surface area contributed by atoms with E-state index in [2.05, 4.69) is 25.2 Å². The average molecular weight is 310 g/mol. The molecule has 1 aliphatic carbocycles. The molecule has 120 valence electrons. The summed E-state index contributed by atoms with van der Waals surface area (Å²) in [6.45, 7) is 5.04. The van der Waals surface area contributed by atoms with Crippen LogP contribution in [0.2, 0.25) is 0 Å². The molecule has 0 radical (unpaired) electrons. The zero-order valence-electron chi connectivity index (χ0n) is 13.6. The van der Waals surface area contributed by atoms with Gasteiger partial charge >= 0.3 is 0 Å². The zero-order chi connectivity index (χ0) is 16.0. The standard InChI is InChI=1S/C19H22N2O2/c1-3-10-21-18(17-9-8-16(23-17)14-11-12(14)2)20-15-7-5-4-6-13(15)19(21)22/h4-9,12,14,18,20H,3,10-11H2,1-2H3. The Bertz CT molecular complexity index is 736. The lowest BCUT2D eigenvalue weighted by Crippen LogP contribution is -2.43. The molecule has 2 heterocycles. The third-order valence-corrected chi connectivity index (χ3v) is 4.88. The number of anilines is 1. The first-order chi connectivity index (χ1) is 11.2. The van der Waals surface area contributed by atoms with E-state index in [1.165, 1.54) is 6.42 Å². The molecule has 1 saturated carbocycles. The van der Waals surface area contributed by atoms with Crippen molar-refractivity contribution in [2.75, 3.05) is 11.9 Å². The summed E-state index contributed by atoms with van der Waals surface area (Å²) >= 11 is 0. The Morgan fingerprint density at radius 2 is 1.96 bits per heavy atom. The van der Waals surface area contributed by atoms with E-state index in [0.29, 0.717) is 18.4 Å². The summed E-state index contributed by atoms with van der Waals surface area (Å²) in [7, 11) is 0. The van der Waals surface area contributed by atoms with Gasteiger partial charge in [-0.3, -0.25) is 4.79 Å². The minimum Gasteiger partial charge on any atom is -0.462 e. The van der Waals surface area contributed by atoms with Crippen LogP contribution in [0.4, 0.5) is 5.69 Å². The smallest absolute Gasteiger partial charge is 0.257 e. The minimum absolute atomic E-state index is 0.0731. The highest BCUT2D eigenvalue weighted by molar-refractivity contribution is 6.01. The molecule has 0 spiro atoms. The molecule has 3 unspecified atom stereocenters. The van der Waals surface area contributed by atoms with Crippen molar-refractivity contribution in [3.05, 3.63) is 53.5 Å². The van der Waals surface area contributed by atoms with E-state index in [4.69, 9.17) is 4.42 Å². The van der Waals surface area contributed by atoms with Crippen LogP contribution < -0.4 is 5.32 Å². The summed E-state index contributed by atoms with van der Waals surface area (Å²) in [6, 6.07) is 11.8. The molecule has 1 amide bonds. The predicted octanol–water partition coefficient (Wildman–Crippen LogP) is 4.38. The van der Waals surface area contributed by atoms with Gasteiger partial charge in [0.15, 0.2) is 6.17 Å². The van der Waals surface area contributed by atoms with Gasteiger partial charge < -0.3 is 14.6 Å². The summed E-state index contributed by atoms with van der Waals surface area (Å²) in [5.74, 6) is 3.22. The van der Waals surface area contributed by atoms with Crippen LogP contribution in [0.25, 0.3) is 0 Å². The summed E-state index contributed by atoms with van der Waals surface area (Å²) in [5, 5.41) is 3.47. The van der Waals surface area contributed by atoms with Gasteiger partial charge in [-0.15, -0.1) is 0 Å². The van der Waals surface area contributed by atoms with Crippen LogP contribution in [0.1, 0.15) is 60.7 Å². The maximum absolute atomic E-state index is 12.8. The molecular weight excluding hydrogens is 288 g/mol. The number of amides is 1. The SMILES string of the molecule is CCCN1C(=O)c2ccccc2NC1c1ccc(C2CC2C)o1. The van der Waals surface area contributed by atoms with Crippen molar-refractivity contribution < 1.29 is 9.21 Å². The van der Waals surface area contributed by atoms with Crippen LogP contribution in [0.15, 0.2) is 40.8 Å². The van der Waals surface area contributed by atoms with Crippen molar-refractivity contribution in [3.8, 4) is 0 Å². The fourth-order valence-electron chi connectivity index (χ4n) is 3.42. The Hall–Kier alpha value is -2.23. The third-order valence-electron chi connectivity index (χ3n) is 4.88. The Morgan fingerprint density at radius 1 is 1.22 bits per heavy atom. The number of hydrogen-bond donors (Lipinski definition) is 1. The number of fused-ring (bicyclic) bond motifs is 1. The Labute approximate surface area is 136 Å². The van der Waals surface area contributed by atoms with Crippen molar-refractivity contribution in [3.63, 3.8) is 0 Å². The Kier molecular flexibility index (Phi) is 3.40. The number of carbonyl (C=O) groups is 1. The first kappa shape index (κ1) is 14.4. The molecule has 1 aliphatic heterocycles. The second-order valence-corrected chi connectivity index (χ2v) is 6.65.